The van der Waals surface area contributed by atoms with Gasteiger partial charge >= 0.3 is 0 Å². The SMILES string of the molecule is COc1ccc(Br)c(CC(N)c2cc3c(s2)CCSC3)c1. The van der Waals surface area contributed by atoms with Crippen molar-refractivity contribution in [1.82, 2.24) is 0 Å². The van der Waals surface area contributed by atoms with E-state index >= 15 is 0 Å². The Kier molecular flexibility index (Phi) is 4.94. The first-order valence-electron chi connectivity index (χ1n) is 6.94. The lowest BCUT2D eigenvalue weighted by atomic mass is 10.0. The van der Waals surface area contributed by atoms with Gasteiger partial charge in [0.15, 0.2) is 0 Å². The van der Waals surface area contributed by atoms with Crippen LogP contribution in [0.15, 0.2) is 28.7 Å². The molecule has 1 aliphatic rings. The largest absolute Gasteiger partial charge is 0.497 e. The predicted molar refractivity (Wildman–Crippen MR) is 95.5 cm³/mol. The van der Waals surface area contributed by atoms with Crippen molar-refractivity contribution < 1.29 is 4.74 Å². The Morgan fingerprint density at radius 2 is 2.24 bits per heavy atom. The van der Waals surface area contributed by atoms with E-state index in [-0.39, 0.29) is 6.04 Å². The molecule has 1 aromatic carbocycles. The predicted octanol–water partition coefficient (Wildman–Crippen LogP) is 4.55. The Hall–Kier alpha value is -0.490. The molecule has 2 nitrogen and oxygen atoms in total. The zero-order chi connectivity index (χ0) is 14.8. The quantitative estimate of drug-likeness (QED) is 0.840. The molecule has 2 N–H and O–H groups in total. The fourth-order valence-corrected chi connectivity index (χ4v) is 5.31. The highest BCUT2D eigenvalue weighted by Gasteiger charge is 2.18. The van der Waals surface area contributed by atoms with E-state index in [1.807, 2.05) is 35.2 Å². The van der Waals surface area contributed by atoms with Crippen LogP contribution < -0.4 is 10.5 Å². The van der Waals surface area contributed by atoms with E-state index in [1.165, 1.54) is 33.1 Å². The summed E-state index contributed by atoms with van der Waals surface area (Å²) in [5.74, 6) is 3.26. The molecule has 0 saturated carbocycles. The van der Waals surface area contributed by atoms with Crippen LogP contribution in [0, 0.1) is 0 Å². The van der Waals surface area contributed by atoms with Crippen LogP contribution in [0.3, 0.4) is 0 Å². The second-order valence-electron chi connectivity index (χ2n) is 5.17. The van der Waals surface area contributed by atoms with E-state index < -0.39 is 0 Å². The third-order valence-electron chi connectivity index (χ3n) is 3.70. The van der Waals surface area contributed by atoms with Crippen LogP contribution in [0.25, 0.3) is 0 Å². The molecule has 3 rings (SSSR count). The molecule has 2 aromatic rings. The fraction of sp³-hybridized carbons (Fsp3) is 0.375. The average Bonchev–Trinajstić information content (AvgIpc) is 2.93. The Labute approximate surface area is 142 Å². The first kappa shape index (κ1) is 15.4. The van der Waals surface area contributed by atoms with Crippen LogP contribution in [0.5, 0.6) is 5.75 Å². The third-order valence-corrected chi connectivity index (χ3v) is 6.86. The van der Waals surface area contributed by atoms with Crippen molar-refractivity contribution in [3.63, 3.8) is 0 Å². The summed E-state index contributed by atoms with van der Waals surface area (Å²) in [6, 6.07) is 8.41. The third kappa shape index (κ3) is 3.47. The molecule has 1 atom stereocenters. The van der Waals surface area contributed by atoms with Gasteiger partial charge in [-0.15, -0.1) is 11.3 Å². The summed E-state index contributed by atoms with van der Waals surface area (Å²) < 4.78 is 6.39. The minimum absolute atomic E-state index is 0.0500. The molecular weight excluding hydrogens is 366 g/mol. The van der Waals surface area contributed by atoms with Crippen LogP contribution in [0.4, 0.5) is 0 Å². The van der Waals surface area contributed by atoms with E-state index in [4.69, 9.17) is 10.5 Å². The molecule has 0 bridgehead atoms. The van der Waals surface area contributed by atoms with Crippen molar-refractivity contribution in [3.8, 4) is 5.75 Å². The highest BCUT2D eigenvalue weighted by molar-refractivity contribution is 9.10. The number of hydrogen-bond acceptors (Lipinski definition) is 4. The van der Waals surface area contributed by atoms with Crippen molar-refractivity contribution in [1.29, 1.82) is 0 Å². The molecule has 1 unspecified atom stereocenters. The van der Waals surface area contributed by atoms with Crippen LogP contribution in [0.2, 0.25) is 0 Å². The summed E-state index contributed by atoms with van der Waals surface area (Å²) in [4.78, 5) is 2.83. The molecule has 21 heavy (non-hydrogen) atoms. The topological polar surface area (TPSA) is 35.2 Å². The number of aryl methyl sites for hydroxylation is 1. The molecule has 112 valence electrons. The molecule has 0 spiro atoms. The van der Waals surface area contributed by atoms with E-state index in [0.717, 1.165) is 22.4 Å². The second kappa shape index (κ2) is 6.73. The van der Waals surface area contributed by atoms with E-state index in [2.05, 4.69) is 28.1 Å². The van der Waals surface area contributed by atoms with Gasteiger partial charge in [-0.1, -0.05) is 15.9 Å². The van der Waals surface area contributed by atoms with Gasteiger partial charge in [0.1, 0.15) is 5.75 Å². The van der Waals surface area contributed by atoms with Gasteiger partial charge in [0.25, 0.3) is 0 Å². The van der Waals surface area contributed by atoms with Gasteiger partial charge < -0.3 is 10.5 Å². The van der Waals surface area contributed by atoms with Gasteiger partial charge in [-0.25, -0.2) is 0 Å². The van der Waals surface area contributed by atoms with Gasteiger partial charge in [0.05, 0.1) is 7.11 Å². The number of ether oxygens (including phenoxy) is 1. The van der Waals surface area contributed by atoms with E-state index in [0.29, 0.717) is 0 Å². The van der Waals surface area contributed by atoms with E-state index in [1.54, 1.807) is 7.11 Å². The highest BCUT2D eigenvalue weighted by Crippen LogP contribution is 2.35. The number of hydrogen-bond donors (Lipinski definition) is 1. The second-order valence-corrected chi connectivity index (χ2v) is 8.30. The van der Waals surface area contributed by atoms with Crippen molar-refractivity contribution in [2.24, 2.45) is 5.73 Å². The van der Waals surface area contributed by atoms with Crippen molar-refractivity contribution >= 4 is 39.0 Å². The van der Waals surface area contributed by atoms with Crippen molar-refractivity contribution in [2.45, 2.75) is 24.6 Å². The molecule has 0 fully saturated rings. The van der Waals surface area contributed by atoms with Gasteiger partial charge in [-0.05, 0) is 54.0 Å². The number of fused-ring (bicyclic) bond motifs is 1. The van der Waals surface area contributed by atoms with Gasteiger partial charge in [0, 0.05) is 26.0 Å². The number of thioether (sulfide) groups is 1. The Balaban J connectivity index is 1.79. The number of rotatable bonds is 4. The molecule has 0 amide bonds. The number of halogens is 1. The normalized spacial score (nSPS) is 15.6. The van der Waals surface area contributed by atoms with Gasteiger partial charge in [0.2, 0.25) is 0 Å². The van der Waals surface area contributed by atoms with Gasteiger partial charge in [-0.2, -0.15) is 11.8 Å². The standard InChI is InChI=1S/C16H18BrNOS2/c1-19-12-2-3-13(17)10(6-12)7-14(18)16-8-11-9-20-5-4-15(11)21-16/h2-3,6,8,14H,4-5,7,9,18H2,1H3. The Bertz CT molecular complexity index is 618. The van der Waals surface area contributed by atoms with Crippen LogP contribution >= 0.6 is 39.0 Å². The molecule has 2 heterocycles. The number of thiophene rings is 1. The summed E-state index contributed by atoms with van der Waals surface area (Å²) in [5, 5.41) is 0. The first-order valence-corrected chi connectivity index (χ1v) is 9.71. The molecule has 0 radical (unpaired) electrons. The van der Waals surface area contributed by atoms with Crippen LogP contribution in [-0.2, 0) is 18.6 Å². The number of benzene rings is 1. The molecule has 0 aliphatic carbocycles. The van der Waals surface area contributed by atoms with Gasteiger partial charge in [-0.3, -0.25) is 0 Å². The van der Waals surface area contributed by atoms with Crippen molar-refractivity contribution in [2.75, 3.05) is 12.9 Å². The summed E-state index contributed by atoms with van der Waals surface area (Å²) in [7, 11) is 1.69. The zero-order valence-electron chi connectivity index (χ0n) is 11.9. The molecule has 5 heteroatoms. The van der Waals surface area contributed by atoms with Crippen LogP contribution in [-0.4, -0.2) is 12.9 Å². The first-order chi connectivity index (χ1) is 10.2. The smallest absolute Gasteiger partial charge is 0.119 e. The lowest BCUT2D eigenvalue weighted by Gasteiger charge is -2.12. The van der Waals surface area contributed by atoms with Crippen LogP contribution in [0.1, 0.15) is 26.9 Å². The number of nitrogens with two attached hydrogens (primary N) is 1. The maximum Gasteiger partial charge on any atom is 0.119 e. The Morgan fingerprint density at radius 3 is 3.00 bits per heavy atom. The molecule has 0 saturated heterocycles. The van der Waals surface area contributed by atoms with Crippen molar-refractivity contribution in [3.05, 3.63) is 49.6 Å². The maximum absolute atomic E-state index is 6.44. The maximum atomic E-state index is 6.44. The monoisotopic (exact) mass is 383 g/mol. The summed E-state index contributed by atoms with van der Waals surface area (Å²) in [6.07, 6.45) is 2.02. The highest BCUT2D eigenvalue weighted by atomic mass is 79.9. The Morgan fingerprint density at radius 1 is 1.38 bits per heavy atom. The van der Waals surface area contributed by atoms with E-state index in [9.17, 15) is 0 Å². The minimum Gasteiger partial charge on any atom is -0.497 e. The minimum atomic E-state index is 0.0500. The lowest BCUT2D eigenvalue weighted by Crippen LogP contribution is -2.12. The summed E-state index contributed by atoms with van der Waals surface area (Å²) in [5.41, 5.74) is 9.13. The number of methoxy groups -OCH3 is 1. The zero-order valence-corrected chi connectivity index (χ0v) is 15.1. The molecular formula is C16H18BrNOS2. The lowest BCUT2D eigenvalue weighted by molar-refractivity contribution is 0.414. The summed E-state index contributed by atoms with van der Waals surface area (Å²) in [6.45, 7) is 0. The summed E-state index contributed by atoms with van der Waals surface area (Å²) >= 11 is 7.52. The molecule has 1 aromatic heterocycles. The fourth-order valence-electron chi connectivity index (χ4n) is 2.52. The average molecular weight is 384 g/mol. The molecule has 1 aliphatic heterocycles.